The zero-order valence-corrected chi connectivity index (χ0v) is 12.2. The standard InChI is InChI=1S/CH4N2O.K.H3O4P.H2O4S/c2-1(3)4;;2*1-5(2,3)4/h(H4,2,3,4);;(H3,1,2,3,4);(H2,1,2,3,4)/q;+1;;/p-1. The summed E-state index contributed by atoms with van der Waals surface area (Å²) in [6.07, 6.45) is 0. The SMILES string of the molecule is NC(N)=O.O=P([O-])(O)O.O=S(=O)(O)O.[K+]. The van der Waals surface area contributed by atoms with Gasteiger partial charge in [-0.05, 0) is 0 Å². The molecule has 0 spiro atoms. The summed E-state index contributed by atoms with van der Waals surface area (Å²) in [6, 6.07) is -0.833. The van der Waals surface area contributed by atoms with Crippen LogP contribution in [-0.2, 0) is 15.0 Å². The van der Waals surface area contributed by atoms with Crippen molar-refractivity contribution in [2.24, 2.45) is 11.5 Å². The van der Waals surface area contributed by atoms with Crippen molar-refractivity contribution < 1.29 is 92.9 Å². The fourth-order valence-corrected chi connectivity index (χ4v) is 0. The minimum Gasteiger partial charge on any atom is -0.756 e. The molecular weight excluding hydrogens is 286 g/mol. The molecule has 0 aliphatic carbocycles. The van der Waals surface area contributed by atoms with E-state index < -0.39 is 24.3 Å². The van der Waals surface area contributed by atoms with Crippen LogP contribution in [0.25, 0.3) is 0 Å². The average molecular weight is 294 g/mol. The van der Waals surface area contributed by atoms with Gasteiger partial charge in [0, 0.05) is 0 Å². The molecule has 0 aromatic heterocycles. The third kappa shape index (κ3) is 3150. The predicted octanol–water partition coefficient (Wildman–Crippen LogP) is -6.19. The van der Waals surface area contributed by atoms with Gasteiger partial charge in [-0.25, -0.2) is 4.79 Å². The number of primary amides is 2. The van der Waals surface area contributed by atoms with Crippen LogP contribution in [0.15, 0.2) is 0 Å². The first-order chi connectivity index (χ1) is 5.73. The summed E-state index contributed by atoms with van der Waals surface area (Å²) >= 11 is 0. The number of phosphoric acid groups is 1. The molecule has 0 saturated carbocycles. The summed E-state index contributed by atoms with van der Waals surface area (Å²) in [7, 11) is -9.56. The van der Waals surface area contributed by atoms with E-state index in [9.17, 15) is 0 Å². The zero-order chi connectivity index (χ0) is 12.6. The molecule has 0 radical (unpaired) electrons. The number of hydrogen-bond donors (Lipinski definition) is 6. The van der Waals surface area contributed by atoms with Crippen molar-refractivity contribution in [3.8, 4) is 0 Å². The zero-order valence-electron chi connectivity index (χ0n) is 7.34. The van der Waals surface area contributed by atoms with Gasteiger partial charge in [-0.1, -0.05) is 0 Å². The van der Waals surface area contributed by atoms with Crippen LogP contribution in [0.1, 0.15) is 0 Å². The van der Waals surface area contributed by atoms with E-state index in [4.69, 9.17) is 41.6 Å². The molecule has 0 bridgehead atoms. The molecule has 0 saturated heterocycles. The van der Waals surface area contributed by atoms with Gasteiger partial charge in [0.15, 0.2) is 0 Å². The van der Waals surface area contributed by atoms with Crippen molar-refractivity contribution in [3.63, 3.8) is 0 Å². The van der Waals surface area contributed by atoms with E-state index in [1.807, 2.05) is 0 Å². The first-order valence-corrected chi connectivity index (χ1v) is 5.17. The fraction of sp³-hybridized carbons (Fsp3) is 0. The first kappa shape index (κ1) is 24.9. The number of carbonyl (C=O) groups excluding carboxylic acids is 1. The minimum atomic E-state index is -4.89. The van der Waals surface area contributed by atoms with Gasteiger partial charge < -0.3 is 26.1 Å². The third-order valence-electron chi connectivity index (χ3n) is 0. The molecule has 88 valence electrons. The normalized spacial score (nSPS) is 9.40. The van der Waals surface area contributed by atoms with Crippen LogP contribution in [0.3, 0.4) is 0 Å². The van der Waals surface area contributed by atoms with Crippen molar-refractivity contribution in [2.45, 2.75) is 0 Å². The van der Waals surface area contributed by atoms with Gasteiger partial charge in [-0.2, -0.15) is 8.42 Å². The van der Waals surface area contributed by atoms with Crippen LogP contribution >= 0.6 is 7.82 Å². The molecule has 14 heteroatoms. The maximum atomic E-state index is 9.00. The Bertz CT molecular complexity index is 273. The number of nitrogens with two attached hydrogens (primary N) is 2. The molecule has 15 heavy (non-hydrogen) atoms. The molecule has 2 amide bonds. The van der Waals surface area contributed by atoms with Gasteiger partial charge in [0.25, 0.3) is 7.82 Å². The van der Waals surface area contributed by atoms with E-state index in [1.165, 1.54) is 0 Å². The Balaban J connectivity index is -0.0000000590. The van der Waals surface area contributed by atoms with E-state index in [-0.39, 0.29) is 51.4 Å². The summed E-state index contributed by atoms with van der Waals surface area (Å²) in [5.41, 5.74) is 8.50. The molecule has 8 N–H and O–H groups in total. The van der Waals surface area contributed by atoms with Crippen LogP contribution in [0.2, 0.25) is 0 Å². The molecule has 0 unspecified atom stereocenters. The van der Waals surface area contributed by atoms with Crippen molar-refractivity contribution in [1.82, 2.24) is 0 Å². The second-order valence-electron chi connectivity index (χ2n) is 1.34. The number of rotatable bonds is 0. The number of carbonyl (C=O) groups is 1. The number of amides is 2. The molecule has 0 aliphatic rings. The molecule has 0 heterocycles. The quantitative estimate of drug-likeness (QED) is 0.142. The van der Waals surface area contributed by atoms with E-state index in [1.54, 1.807) is 0 Å². The number of hydrogen-bond acceptors (Lipinski definition) is 5. The molecule has 11 nitrogen and oxygen atoms in total. The van der Waals surface area contributed by atoms with E-state index in [0.717, 1.165) is 0 Å². The monoisotopic (exact) mass is 294 g/mol. The van der Waals surface area contributed by atoms with E-state index in [0.29, 0.717) is 0 Å². The molecule has 0 atom stereocenters. The Morgan fingerprint density at radius 1 is 1.20 bits per heavy atom. The molecule has 0 fully saturated rings. The Hall–Kier alpha value is 0.886. The molecule has 0 aromatic rings. The summed E-state index contributed by atoms with van der Waals surface area (Å²) in [4.78, 5) is 31.9. The van der Waals surface area contributed by atoms with Gasteiger partial charge >= 0.3 is 67.8 Å². The summed E-state index contributed by atoms with van der Waals surface area (Å²) in [5, 5.41) is 0. The van der Waals surface area contributed by atoms with Crippen LogP contribution in [0, 0.1) is 0 Å². The Morgan fingerprint density at radius 2 is 1.20 bits per heavy atom. The second kappa shape index (κ2) is 11.4. The van der Waals surface area contributed by atoms with Crippen LogP contribution < -0.4 is 67.7 Å². The van der Waals surface area contributed by atoms with Crippen LogP contribution in [-0.4, -0.2) is 33.3 Å². The molecule has 0 aromatic carbocycles. The van der Waals surface area contributed by atoms with Gasteiger partial charge in [0.05, 0.1) is 0 Å². The van der Waals surface area contributed by atoms with Gasteiger partial charge in [-0.15, -0.1) is 0 Å². The summed E-state index contributed by atoms with van der Waals surface area (Å²) in [6.45, 7) is 0. The third-order valence-corrected chi connectivity index (χ3v) is 0. The largest absolute Gasteiger partial charge is 1.00 e. The minimum absolute atomic E-state index is 0. The van der Waals surface area contributed by atoms with E-state index >= 15 is 0 Å². The summed E-state index contributed by atoms with van der Waals surface area (Å²) in [5.74, 6) is 0. The smallest absolute Gasteiger partial charge is 0.756 e. The Labute approximate surface area is 127 Å². The molecule has 0 rings (SSSR count). The fourth-order valence-electron chi connectivity index (χ4n) is 0. The van der Waals surface area contributed by atoms with E-state index in [2.05, 4.69) is 11.5 Å². The van der Waals surface area contributed by atoms with Crippen LogP contribution in [0.4, 0.5) is 4.79 Å². The average Bonchev–Trinajstić information content (AvgIpc) is 1.45. The van der Waals surface area contributed by atoms with Gasteiger partial charge in [0.1, 0.15) is 0 Å². The molecule has 0 aliphatic heterocycles. The van der Waals surface area contributed by atoms with Crippen molar-refractivity contribution >= 4 is 24.3 Å². The first-order valence-electron chi connectivity index (χ1n) is 2.25. The maximum absolute atomic E-state index is 9.00. The van der Waals surface area contributed by atoms with Gasteiger partial charge in [0.2, 0.25) is 0 Å². The van der Waals surface area contributed by atoms with Crippen molar-refractivity contribution in [2.75, 3.05) is 0 Å². The van der Waals surface area contributed by atoms with Crippen molar-refractivity contribution in [3.05, 3.63) is 0 Å². The van der Waals surface area contributed by atoms with Crippen LogP contribution in [0.5, 0.6) is 0 Å². The second-order valence-corrected chi connectivity index (χ2v) is 3.22. The predicted molar refractivity (Wildman–Crippen MR) is 40.0 cm³/mol. The molecular formula is CH8KN2O9PS. The maximum Gasteiger partial charge on any atom is 1.00 e. The Kier molecular flexibility index (Phi) is 18.9. The topological polar surface area (TPSA) is 224 Å². The summed E-state index contributed by atoms with van der Waals surface area (Å²) < 4.78 is 40.4. The van der Waals surface area contributed by atoms with Crippen molar-refractivity contribution in [1.29, 1.82) is 0 Å². The number of urea groups is 1. The Morgan fingerprint density at radius 3 is 1.20 bits per heavy atom. The van der Waals surface area contributed by atoms with Gasteiger partial charge in [-0.3, -0.25) is 13.7 Å².